The minimum absolute atomic E-state index is 0.0477. The van der Waals surface area contributed by atoms with Crippen LogP contribution in [0.25, 0.3) is 0 Å². The van der Waals surface area contributed by atoms with Gasteiger partial charge in [-0.1, -0.05) is 27.7 Å². The van der Waals surface area contributed by atoms with Gasteiger partial charge in [-0.25, -0.2) is 0 Å². The summed E-state index contributed by atoms with van der Waals surface area (Å²) in [6.45, 7) is 0. The molecule has 1 aromatic rings. The Morgan fingerprint density at radius 2 is 2.37 bits per heavy atom. The number of hydrogen-bond donors (Lipinski definition) is 1. The lowest BCUT2D eigenvalue weighted by Gasteiger charge is -2.07. The highest BCUT2D eigenvalue weighted by Crippen LogP contribution is 2.28. The number of nitrogens with zero attached hydrogens (tertiary/aromatic N) is 2. The first-order chi connectivity index (χ1) is 9.10. The molecular weight excluding hydrogens is 445 g/mol. The predicted molar refractivity (Wildman–Crippen MR) is 89.0 cm³/mol. The maximum absolute atomic E-state index is 11.0. The average molecular weight is 454 g/mol. The van der Waals surface area contributed by atoms with Gasteiger partial charge in [0.2, 0.25) is 5.91 Å². The van der Waals surface area contributed by atoms with Gasteiger partial charge >= 0.3 is 0 Å². The van der Waals surface area contributed by atoms with Crippen LogP contribution in [0.4, 0.5) is 0 Å². The summed E-state index contributed by atoms with van der Waals surface area (Å²) in [6, 6.07) is 3.85. The Morgan fingerprint density at radius 3 is 3.00 bits per heavy atom. The molecule has 1 N–H and O–H groups in total. The highest BCUT2D eigenvalue weighted by molar-refractivity contribution is 14.1. The fourth-order valence-electron chi connectivity index (χ4n) is 1.41. The van der Waals surface area contributed by atoms with Gasteiger partial charge in [0.1, 0.15) is 5.75 Å². The van der Waals surface area contributed by atoms with Crippen molar-refractivity contribution in [2.75, 3.05) is 12.9 Å². The molecule has 100 valence electrons. The number of amides is 1. The first-order valence-corrected chi connectivity index (χ1v) is 8.02. The number of hydrogen-bond acceptors (Lipinski definition) is 5. The number of carbonyl (C=O) groups excluding carboxylic acids is 1. The largest absolute Gasteiger partial charge is 0.495 e. The molecule has 19 heavy (non-hydrogen) atoms. The molecule has 0 atom stereocenters. The van der Waals surface area contributed by atoms with Crippen molar-refractivity contribution in [3.05, 3.63) is 25.7 Å². The van der Waals surface area contributed by atoms with Crippen LogP contribution in [0.15, 0.2) is 26.8 Å². The van der Waals surface area contributed by atoms with Gasteiger partial charge in [0, 0.05) is 10.0 Å². The third-order valence-corrected chi connectivity index (χ3v) is 4.30. The molecule has 1 fully saturated rings. The van der Waals surface area contributed by atoms with E-state index in [1.807, 2.05) is 12.1 Å². The van der Waals surface area contributed by atoms with E-state index in [4.69, 9.17) is 4.74 Å². The number of amidine groups is 1. The second kappa shape index (κ2) is 6.71. The van der Waals surface area contributed by atoms with Crippen molar-refractivity contribution in [2.24, 2.45) is 10.2 Å². The third-order valence-electron chi connectivity index (χ3n) is 2.17. The van der Waals surface area contributed by atoms with Crippen LogP contribution in [0.2, 0.25) is 0 Å². The number of rotatable bonds is 3. The molecular formula is C11H9BrIN3O2S. The van der Waals surface area contributed by atoms with Crippen molar-refractivity contribution in [1.29, 1.82) is 0 Å². The molecule has 0 spiro atoms. The standard InChI is InChI=1S/C11H9BrIN3O2S/c1-18-10-6(2-7(12)3-8(10)13)4-14-16-11-15-9(17)5-19-11/h2-4H,5H2,1H3,(H,15,16,17). The van der Waals surface area contributed by atoms with E-state index < -0.39 is 0 Å². The van der Waals surface area contributed by atoms with E-state index in [1.54, 1.807) is 13.3 Å². The summed E-state index contributed by atoms with van der Waals surface area (Å²) in [5.41, 5.74) is 0.819. The van der Waals surface area contributed by atoms with E-state index in [0.717, 1.165) is 19.4 Å². The second-order valence-corrected chi connectivity index (χ2v) is 6.54. The van der Waals surface area contributed by atoms with Gasteiger partial charge in [-0.15, -0.1) is 5.10 Å². The number of ether oxygens (including phenoxy) is 1. The molecule has 2 rings (SSSR count). The van der Waals surface area contributed by atoms with E-state index in [1.165, 1.54) is 11.8 Å². The van der Waals surface area contributed by atoms with Gasteiger partial charge < -0.3 is 10.1 Å². The number of carbonyl (C=O) groups is 1. The van der Waals surface area contributed by atoms with Crippen LogP contribution >= 0.6 is 50.3 Å². The Labute approximate surface area is 136 Å². The SMILES string of the molecule is COc1c(I)cc(Br)cc1C=NN=C1NC(=O)CS1. The van der Waals surface area contributed by atoms with E-state index in [9.17, 15) is 4.79 Å². The van der Waals surface area contributed by atoms with Crippen molar-refractivity contribution >= 4 is 67.6 Å². The lowest BCUT2D eigenvalue weighted by molar-refractivity contribution is -0.116. The molecule has 0 aliphatic carbocycles. The van der Waals surface area contributed by atoms with Crippen LogP contribution in [-0.2, 0) is 4.79 Å². The Bertz CT molecular complexity index is 577. The van der Waals surface area contributed by atoms with Gasteiger partial charge in [-0.05, 0) is 34.7 Å². The van der Waals surface area contributed by atoms with E-state index in [2.05, 4.69) is 54.0 Å². The number of thioether (sulfide) groups is 1. The van der Waals surface area contributed by atoms with Crippen LogP contribution < -0.4 is 10.1 Å². The smallest absolute Gasteiger partial charge is 0.236 e. The fourth-order valence-corrected chi connectivity index (χ4v) is 3.82. The van der Waals surface area contributed by atoms with Gasteiger partial charge in [0.15, 0.2) is 5.17 Å². The highest BCUT2D eigenvalue weighted by atomic mass is 127. The minimum atomic E-state index is -0.0477. The maximum atomic E-state index is 11.0. The number of nitrogens with one attached hydrogen (secondary N) is 1. The second-order valence-electron chi connectivity index (χ2n) is 3.50. The zero-order valence-electron chi connectivity index (χ0n) is 9.81. The molecule has 1 heterocycles. The Morgan fingerprint density at radius 1 is 1.58 bits per heavy atom. The summed E-state index contributed by atoms with van der Waals surface area (Å²) in [4.78, 5) is 11.0. The van der Waals surface area contributed by atoms with Gasteiger partial charge in [0.05, 0.1) is 22.6 Å². The molecule has 1 aliphatic rings. The van der Waals surface area contributed by atoms with E-state index in [0.29, 0.717) is 10.9 Å². The van der Waals surface area contributed by atoms with Gasteiger partial charge in [-0.2, -0.15) is 5.10 Å². The third kappa shape index (κ3) is 3.93. The summed E-state index contributed by atoms with van der Waals surface area (Å²) >= 11 is 6.95. The monoisotopic (exact) mass is 453 g/mol. The van der Waals surface area contributed by atoms with Crippen molar-refractivity contribution in [3.63, 3.8) is 0 Å². The average Bonchev–Trinajstić information content (AvgIpc) is 2.74. The molecule has 0 aromatic heterocycles. The predicted octanol–water partition coefficient (Wildman–Crippen LogP) is 2.62. The summed E-state index contributed by atoms with van der Waals surface area (Å²) in [7, 11) is 1.61. The van der Waals surface area contributed by atoms with Crippen molar-refractivity contribution in [2.45, 2.75) is 0 Å². The summed E-state index contributed by atoms with van der Waals surface area (Å²) in [5.74, 6) is 1.09. The highest BCUT2D eigenvalue weighted by Gasteiger charge is 2.16. The molecule has 1 aromatic carbocycles. The van der Waals surface area contributed by atoms with E-state index in [-0.39, 0.29) is 5.91 Å². The molecule has 0 saturated carbocycles. The lowest BCUT2D eigenvalue weighted by atomic mass is 10.2. The lowest BCUT2D eigenvalue weighted by Crippen LogP contribution is -2.19. The summed E-state index contributed by atoms with van der Waals surface area (Å²) in [6.07, 6.45) is 1.60. The van der Waals surface area contributed by atoms with Crippen LogP contribution in [0.1, 0.15) is 5.56 Å². The van der Waals surface area contributed by atoms with Crippen LogP contribution in [-0.4, -0.2) is 30.2 Å². The summed E-state index contributed by atoms with van der Waals surface area (Å²) in [5, 5.41) is 11.0. The number of halogens is 2. The molecule has 1 amide bonds. The minimum Gasteiger partial charge on any atom is -0.495 e. The Balaban J connectivity index is 2.21. The van der Waals surface area contributed by atoms with Crippen molar-refractivity contribution < 1.29 is 9.53 Å². The normalized spacial score (nSPS) is 17.2. The zero-order valence-corrected chi connectivity index (χ0v) is 14.4. The maximum Gasteiger partial charge on any atom is 0.236 e. The molecule has 0 radical (unpaired) electrons. The van der Waals surface area contributed by atoms with E-state index >= 15 is 0 Å². The van der Waals surface area contributed by atoms with Crippen LogP contribution in [0.5, 0.6) is 5.75 Å². The van der Waals surface area contributed by atoms with Crippen LogP contribution in [0.3, 0.4) is 0 Å². The number of benzene rings is 1. The zero-order chi connectivity index (χ0) is 13.8. The quantitative estimate of drug-likeness (QED) is 0.434. The molecule has 8 heteroatoms. The Hall–Kier alpha value is -0.610. The van der Waals surface area contributed by atoms with Gasteiger partial charge in [-0.3, -0.25) is 4.79 Å². The molecule has 0 unspecified atom stereocenters. The van der Waals surface area contributed by atoms with Crippen molar-refractivity contribution in [1.82, 2.24) is 5.32 Å². The fraction of sp³-hybridized carbons (Fsp3) is 0.182. The van der Waals surface area contributed by atoms with Crippen molar-refractivity contribution in [3.8, 4) is 5.75 Å². The topological polar surface area (TPSA) is 63.1 Å². The molecule has 5 nitrogen and oxygen atoms in total. The van der Waals surface area contributed by atoms with Gasteiger partial charge in [0.25, 0.3) is 0 Å². The first-order valence-electron chi connectivity index (χ1n) is 5.17. The molecule has 1 aliphatic heterocycles. The molecule has 0 bridgehead atoms. The molecule has 1 saturated heterocycles. The Kier molecular flexibility index (Phi) is 5.22. The summed E-state index contributed by atoms with van der Waals surface area (Å²) < 4.78 is 7.25. The first kappa shape index (κ1) is 14.8. The number of methoxy groups -OCH3 is 1. The van der Waals surface area contributed by atoms with Crippen LogP contribution in [0, 0.1) is 3.57 Å².